The monoisotopic (exact) mass is 370 g/mol. The third kappa shape index (κ3) is 6.54. The number of azide groups is 1. The van der Waals surface area contributed by atoms with E-state index >= 15 is 0 Å². The molecular formula is C10H18N4O9S. The van der Waals surface area contributed by atoms with E-state index in [1.54, 1.807) is 0 Å². The second-order valence-electron chi connectivity index (χ2n) is 4.79. The Morgan fingerprint density at radius 2 is 2.08 bits per heavy atom. The van der Waals surface area contributed by atoms with Crippen molar-refractivity contribution in [2.75, 3.05) is 19.8 Å². The molecule has 2 unspecified atom stereocenters. The molecule has 0 bridgehead atoms. The lowest BCUT2D eigenvalue weighted by molar-refractivity contribution is -0.267. The second kappa shape index (κ2) is 9.10. The fourth-order valence-corrected chi connectivity index (χ4v) is 2.31. The molecule has 0 saturated carbocycles. The van der Waals surface area contributed by atoms with Crippen molar-refractivity contribution in [3.63, 3.8) is 0 Å². The zero-order valence-corrected chi connectivity index (χ0v) is 13.4. The van der Waals surface area contributed by atoms with Gasteiger partial charge in [0.05, 0.1) is 13.2 Å². The minimum atomic E-state index is -4.78. The van der Waals surface area contributed by atoms with E-state index in [0.717, 1.165) is 0 Å². The topological polar surface area (TPSA) is 200 Å². The number of hydrogen-bond acceptors (Lipinski definition) is 9. The van der Waals surface area contributed by atoms with Gasteiger partial charge in [-0.15, -0.1) is 0 Å². The molecule has 4 N–H and O–H groups in total. The Labute approximate surface area is 137 Å². The number of nitrogens with zero attached hydrogens (tertiary/aromatic N) is 3. The maximum Gasteiger partial charge on any atom is 0.397 e. The minimum absolute atomic E-state index is 0.0615. The van der Waals surface area contributed by atoms with E-state index in [1.807, 2.05) is 0 Å². The highest BCUT2D eigenvalue weighted by atomic mass is 32.3. The average molecular weight is 370 g/mol. The third-order valence-electron chi connectivity index (χ3n) is 2.99. The largest absolute Gasteiger partial charge is 0.397 e. The SMILES string of the molecule is CC(=O)N[C@H]1C(O)[C@H](O)C(COS(=O)(=O)O)O[C@H]1OCCN=[N+]=[N-]. The predicted molar refractivity (Wildman–Crippen MR) is 75.7 cm³/mol. The predicted octanol–water partition coefficient (Wildman–Crippen LogP) is -1.92. The summed E-state index contributed by atoms with van der Waals surface area (Å²) >= 11 is 0. The highest BCUT2D eigenvalue weighted by Gasteiger charge is 2.46. The van der Waals surface area contributed by atoms with Gasteiger partial charge in [0.1, 0.15) is 24.4 Å². The summed E-state index contributed by atoms with van der Waals surface area (Å²) in [7, 11) is -4.78. The first-order valence-corrected chi connectivity index (χ1v) is 8.05. The number of carbonyl (C=O) groups is 1. The molecule has 0 aromatic rings. The summed E-state index contributed by atoms with van der Waals surface area (Å²) in [6, 6.07) is -1.16. The van der Waals surface area contributed by atoms with E-state index in [0.29, 0.717) is 0 Å². The Balaban J connectivity index is 2.82. The van der Waals surface area contributed by atoms with Crippen molar-refractivity contribution in [2.24, 2.45) is 5.11 Å². The molecule has 138 valence electrons. The van der Waals surface area contributed by atoms with Gasteiger partial charge in [0, 0.05) is 18.4 Å². The number of hydrogen-bond donors (Lipinski definition) is 4. The fourth-order valence-electron chi connectivity index (χ4n) is 2.01. The van der Waals surface area contributed by atoms with Crippen LogP contribution in [0, 0.1) is 0 Å². The van der Waals surface area contributed by atoms with Crippen molar-refractivity contribution in [3.8, 4) is 0 Å². The zero-order chi connectivity index (χ0) is 18.3. The molecule has 1 aliphatic rings. The summed E-state index contributed by atoms with van der Waals surface area (Å²) in [5.74, 6) is -0.536. The standard InChI is InChI=1S/C10H18N4O9S/c1-5(15)13-7-9(17)8(16)6(4-22-24(18,19)20)23-10(7)21-3-2-12-14-11/h6-10,16-17H,2-4H2,1H3,(H,13,15)(H,18,19,20)/t6?,7-,8+,9?,10+/m0/s1. The third-order valence-corrected chi connectivity index (χ3v) is 3.42. The van der Waals surface area contributed by atoms with E-state index in [2.05, 4.69) is 19.5 Å². The Morgan fingerprint density at radius 1 is 1.42 bits per heavy atom. The van der Waals surface area contributed by atoms with Crippen LogP contribution in [0.25, 0.3) is 10.4 Å². The summed E-state index contributed by atoms with van der Waals surface area (Å²) in [5.41, 5.74) is 8.18. The van der Waals surface area contributed by atoms with Crippen LogP contribution in [0.3, 0.4) is 0 Å². The first-order valence-electron chi connectivity index (χ1n) is 6.68. The van der Waals surface area contributed by atoms with Gasteiger partial charge in [0.2, 0.25) is 5.91 Å². The molecule has 13 nitrogen and oxygen atoms in total. The lowest BCUT2D eigenvalue weighted by atomic mass is 9.97. The van der Waals surface area contributed by atoms with Crippen molar-refractivity contribution in [2.45, 2.75) is 37.6 Å². The number of aliphatic hydroxyl groups excluding tert-OH is 2. The zero-order valence-electron chi connectivity index (χ0n) is 12.5. The highest BCUT2D eigenvalue weighted by Crippen LogP contribution is 2.23. The van der Waals surface area contributed by atoms with Gasteiger partial charge in [0.15, 0.2) is 6.29 Å². The lowest BCUT2D eigenvalue weighted by Gasteiger charge is -2.42. The van der Waals surface area contributed by atoms with Crippen molar-refractivity contribution >= 4 is 16.3 Å². The maximum atomic E-state index is 11.2. The molecule has 1 aliphatic heterocycles. The minimum Gasteiger partial charge on any atom is -0.388 e. The van der Waals surface area contributed by atoms with Gasteiger partial charge < -0.3 is 25.0 Å². The molecule has 0 radical (unpaired) electrons. The molecule has 0 aromatic heterocycles. The van der Waals surface area contributed by atoms with Gasteiger partial charge >= 0.3 is 10.4 Å². The van der Waals surface area contributed by atoms with Gasteiger partial charge in [-0.05, 0) is 5.53 Å². The number of amides is 1. The van der Waals surface area contributed by atoms with Crippen molar-refractivity contribution in [1.29, 1.82) is 0 Å². The molecule has 0 aromatic carbocycles. The highest BCUT2D eigenvalue weighted by molar-refractivity contribution is 7.80. The van der Waals surface area contributed by atoms with Crippen molar-refractivity contribution in [1.82, 2.24) is 5.32 Å². The van der Waals surface area contributed by atoms with Crippen molar-refractivity contribution in [3.05, 3.63) is 10.4 Å². The fraction of sp³-hybridized carbons (Fsp3) is 0.900. The number of nitrogens with one attached hydrogen (secondary N) is 1. The molecule has 14 heteroatoms. The van der Waals surface area contributed by atoms with Crippen LogP contribution in [0.2, 0.25) is 0 Å². The Hall–Kier alpha value is -1.51. The van der Waals surface area contributed by atoms with Crippen LogP contribution < -0.4 is 5.32 Å². The van der Waals surface area contributed by atoms with E-state index in [9.17, 15) is 23.4 Å². The van der Waals surface area contributed by atoms with Gasteiger partial charge in [-0.1, -0.05) is 5.11 Å². The lowest BCUT2D eigenvalue weighted by Crippen LogP contribution is -2.64. The summed E-state index contributed by atoms with van der Waals surface area (Å²) in [6.07, 6.45) is -5.84. The number of rotatable bonds is 8. The van der Waals surface area contributed by atoms with E-state index in [-0.39, 0.29) is 13.2 Å². The van der Waals surface area contributed by atoms with Gasteiger partial charge in [0.25, 0.3) is 0 Å². The molecule has 1 saturated heterocycles. The molecule has 0 aliphatic carbocycles. The molecule has 5 atom stereocenters. The molecule has 24 heavy (non-hydrogen) atoms. The molecule has 1 heterocycles. The van der Waals surface area contributed by atoms with Crippen LogP contribution in [-0.4, -0.2) is 79.5 Å². The van der Waals surface area contributed by atoms with E-state index in [1.165, 1.54) is 6.92 Å². The van der Waals surface area contributed by atoms with Gasteiger partial charge in [-0.2, -0.15) is 8.42 Å². The van der Waals surface area contributed by atoms with Crippen LogP contribution in [0.4, 0.5) is 0 Å². The number of ether oxygens (including phenoxy) is 2. The van der Waals surface area contributed by atoms with Crippen LogP contribution in [0.15, 0.2) is 5.11 Å². The summed E-state index contributed by atoms with van der Waals surface area (Å²) in [4.78, 5) is 13.7. The van der Waals surface area contributed by atoms with Gasteiger partial charge in [-0.25, -0.2) is 4.18 Å². The van der Waals surface area contributed by atoms with E-state index < -0.39 is 53.6 Å². The number of carbonyl (C=O) groups excluding carboxylic acids is 1. The summed E-state index contributed by atoms with van der Waals surface area (Å²) in [6.45, 7) is 0.192. The Bertz CT molecular complexity index is 579. The maximum absolute atomic E-state index is 11.2. The second-order valence-corrected chi connectivity index (χ2v) is 5.88. The average Bonchev–Trinajstić information content (AvgIpc) is 2.47. The molecule has 0 spiro atoms. The Morgan fingerprint density at radius 3 is 2.62 bits per heavy atom. The molecule has 1 amide bonds. The van der Waals surface area contributed by atoms with Crippen LogP contribution >= 0.6 is 0 Å². The molecular weight excluding hydrogens is 352 g/mol. The van der Waals surface area contributed by atoms with Crippen molar-refractivity contribution < 1.29 is 41.6 Å². The number of aliphatic hydroxyl groups is 2. The van der Waals surface area contributed by atoms with Crippen LogP contribution in [0.1, 0.15) is 6.92 Å². The smallest absolute Gasteiger partial charge is 0.388 e. The van der Waals surface area contributed by atoms with E-state index in [4.69, 9.17) is 19.6 Å². The summed E-state index contributed by atoms with van der Waals surface area (Å²) < 4.78 is 44.4. The normalized spacial score (nSPS) is 30.4. The van der Waals surface area contributed by atoms with Crippen LogP contribution in [-0.2, 0) is 28.9 Å². The quantitative estimate of drug-likeness (QED) is 0.124. The molecule has 1 fully saturated rings. The summed E-state index contributed by atoms with van der Waals surface area (Å²) in [5, 5.41) is 25.6. The Kier molecular flexibility index (Phi) is 7.78. The van der Waals surface area contributed by atoms with Gasteiger partial charge in [-0.3, -0.25) is 9.35 Å². The first-order chi connectivity index (χ1) is 11.2. The molecule has 1 rings (SSSR count). The van der Waals surface area contributed by atoms with Crippen LogP contribution in [0.5, 0.6) is 0 Å². The first kappa shape index (κ1) is 20.5.